The monoisotopic (exact) mass is 552 g/mol. The summed E-state index contributed by atoms with van der Waals surface area (Å²) in [6, 6.07) is 14.9. The van der Waals surface area contributed by atoms with E-state index in [1.807, 2.05) is 29.2 Å². The van der Waals surface area contributed by atoms with Crippen LogP contribution in [0.1, 0.15) is 51.1 Å². The molecular formula is C31H31F3N2O4. The molecule has 0 saturated carbocycles. The van der Waals surface area contributed by atoms with Crippen LogP contribution in [0.3, 0.4) is 0 Å². The van der Waals surface area contributed by atoms with E-state index in [1.54, 1.807) is 12.1 Å². The first-order valence-electron chi connectivity index (χ1n) is 13.3. The molecule has 2 fully saturated rings. The molecule has 0 bridgehead atoms. The number of carbonyl (C=O) groups excluding carboxylic acids is 2. The van der Waals surface area contributed by atoms with Crippen LogP contribution in [0.5, 0.6) is 11.5 Å². The molecule has 5 rings (SSSR count). The van der Waals surface area contributed by atoms with Crippen molar-refractivity contribution < 1.29 is 32.2 Å². The molecule has 0 radical (unpaired) electrons. The number of likely N-dealkylation sites (tertiary alicyclic amines) is 2. The van der Waals surface area contributed by atoms with Gasteiger partial charge in [-0.2, -0.15) is 0 Å². The average Bonchev–Trinajstić information content (AvgIpc) is 3.36. The fourth-order valence-electron chi connectivity index (χ4n) is 5.81. The highest BCUT2D eigenvalue weighted by Crippen LogP contribution is 2.42. The summed E-state index contributed by atoms with van der Waals surface area (Å²) in [4.78, 5) is 29.8. The number of methoxy groups -OCH3 is 2. The maximum Gasteiger partial charge on any atom is 0.260 e. The second kappa shape index (κ2) is 11.2. The Hall–Kier alpha value is -4.01. The third-order valence-corrected chi connectivity index (χ3v) is 8.10. The Morgan fingerprint density at radius 2 is 1.35 bits per heavy atom. The topological polar surface area (TPSA) is 59.1 Å². The summed E-state index contributed by atoms with van der Waals surface area (Å²) in [6.07, 6.45) is 2.55. The van der Waals surface area contributed by atoms with Crippen LogP contribution < -0.4 is 9.47 Å². The Morgan fingerprint density at radius 3 is 1.95 bits per heavy atom. The molecule has 0 unspecified atom stereocenters. The van der Waals surface area contributed by atoms with Crippen LogP contribution in [0.4, 0.5) is 13.2 Å². The second-order valence-corrected chi connectivity index (χ2v) is 10.6. The van der Waals surface area contributed by atoms with Crippen LogP contribution in [0, 0.1) is 22.9 Å². The van der Waals surface area contributed by atoms with E-state index in [0.717, 1.165) is 23.6 Å². The van der Waals surface area contributed by atoms with Crippen LogP contribution in [0.25, 0.3) is 0 Å². The number of ether oxygens (including phenoxy) is 2. The Kier molecular flexibility index (Phi) is 7.74. The lowest BCUT2D eigenvalue weighted by Gasteiger charge is -2.39. The first kappa shape index (κ1) is 27.6. The van der Waals surface area contributed by atoms with Crippen LogP contribution in [0.15, 0.2) is 54.6 Å². The van der Waals surface area contributed by atoms with Gasteiger partial charge in [0.15, 0.2) is 23.1 Å². The number of halogens is 3. The lowest BCUT2D eigenvalue weighted by molar-refractivity contribution is 0.0556. The highest BCUT2D eigenvalue weighted by atomic mass is 19.1. The summed E-state index contributed by atoms with van der Waals surface area (Å²) in [5, 5.41) is 0. The summed E-state index contributed by atoms with van der Waals surface area (Å²) >= 11 is 0. The van der Waals surface area contributed by atoms with E-state index in [4.69, 9.17) is 9.47 Å². The van der Waals surface area contributed by atoms with Gasteiger partial charge in [0.05, 0.1) is 14.2 Å². The van der Waals surface area contributed by atoms with E-state index >= 15 is 0 Å². The highest BCUT2D eigenvalue weighted by molar-refractivity contribution is 5.96. The van der Waals surface area contributed by atoms with Gasteiger partial charge in [0.2, 0.25) is 0 Å². The van der Waals surface area contributed by atoms with Gasteiger partial charge < -0.3 is 19.3 Å². The maximum absolute atomic E-state index is 14.9. The minimum Gasteiger partial charge on any atom is -0.494 e. The van der Waals surface area contributed by atoms with Gasteiger partial charge in [-0.15, -0.1) is 0 Å². The highest BCUT2D eigenvalue weighted by Gasteiger charge is 2.43. The van der Waals surface area contributed by atoms with E-state index in [-0.39, 0.29) is 28.6 Å². The predicted octanol–water partition coefficient (Wildman–Crippen LogP) is 5.48. The van der Waals surface area contributed by atoms with E-state index < -0.39 is 23.1 Å². The molecule has 0 N–H and O–H groups in total. The number of carbonyl (C=O) groups is 2. The molecule has 3 aromatic rings. The number of hydrogen-bond acceptors (Lipinski definition) is 4. The lowest BCUT2D eigenvalue weighted by Crippen LogP contribution is -2.45. The zero-order valence-electron chi connectivity index (χ0n) is 22.5. The molecule has 3 aromatic carbocycles. The number of nitrogens with zero attached hydrogens (tertiary/aromatic N) is 2. The first-order chi connectivity index (χ1) is 19.2. The van der Waals surface area contributed by atoms with Gasteiger partial charge >= 0.3 is 0 Å². The minimum atomic E-state index is -1.05. The van der Waals surface area contributed by atoms with Crippen molar-refractivity contribution in [1.29, 1.82) is 0 Å². The van der Waals surface area contributed by atoms with E-state index in [2.05, 4.69) is 0 Å². The van der Waals surface area contributed by atoms with E-state index in [1.165, 1.54) is 31.3 Å². The number of amides is 2. The van der Waals surface area contributed by atoms with Gasteiger partial charge in [-0.05, 0) is 66.5 Å². The van der Waals surface area contributed by atoms with Gasteiger partial charge in [0, 0.05) is 37.8 Å². The molecule has 2 amide bonds. The molecule has 6 nitrogen and oxygen atoms in total. The SMILES string of the molecule is COc1cc(OC)c(F)c(C(=O)N2CCC3(CCN(C(=O)c4cccc(Cc5cccc(F)c5)c4)C3)CC2)c1F. The smallest absolute Gasteiger partial charge is 0.260 e. The van der Waals surface area contributed by atoms with Gasteiger partial charge in [-0.3, -0.25) is 9.59 Å². The fraction of sp³-hybridized carbons (Fsp3) is 0.355. The molecule has 9 heteroatoms. The molecule has 0 atom stereocenters. The Morgan fingerprint density at radius 1 is 0.775 bits per heavy atom. The summed E-state index contributed by atoms with van der Waals surface area (Å²) in [5.74, 6) is -3.74. The Labute approximate surface area is 231 Å². The van der Waals surface area contributed by atoms with E-state index in [0.29, 0.717) is 51.0 Å². The third-order valence-electron chi connectivity index (χ3n) is 8.10. The average molecular weight is 553 g/mol. The van der Waals surface area contributed by atoms with Crippen LogP contribution >= 0.6 is 0 Å². The molecular weight excluding hydrogens is 521 g/mol. The number of piperidine rings is 1. The standard InChI is InChI=1S/C31H31F3N2O4/c1-39-24-18-25(40-2)28(34)26(27(24)33)30(38)35-12-9-31(10-13-35)11-14-36(19-31)29(37)22-7-3-5-20(16-22)15-21-6-4-8-23(32)17-21/h3-8,16-18H,9-15,19H2,1-2H3. The largest absolute Gasteiger partial charge is 0.494 e. The molecule has 210 valence electrons. The van der Waals surface area contributed by atoms with Crippen molar-refractivity contribution in [1.82, 2.24) is 9.80 Å². The lowest BCUT2D eigenvalue weighted by atomic mass is 9.77. The summed E-state index contributed by atoms with van der Waals surface area (Å²) < 4.78 is 53.3. The molecule has 0 aromatic heterocycles. The number of benzene rings is 3. The molecule has 1 spiro atoms. The van der Waals surface area contributed by atoms with Crippen molar-refractivity contribution in [2.24, 2.45) is 5.41 Å². The van der Waals surface area contributed by atoms with Gasteiger partial charge in [-0.25, -0.2) is 13.2 Å². The molecule has 2 saturated heterocycles. The quantitative estimate of drug-likeness (QED) is 0.407. The van der Waals surface area contributed by atoms with Crippen LogP contribution in [-0.4, -0.2) is 62.0 Å². The maximum atomic E-state index is 14.9. The summed E-state index contributed by atoms with van der Waals surface area (Å²) in [7, 11) is 2.48. The van der Waals surface area contributed by atoms with Crippen molar-refractivity contribution >= 4 is 11.8 Å². The van der Waals surface area contributed by atoms with E-state index in [9.17, 15) is 22.8 Å². The molecule has 2 aliphatic rings. The number of hydrogen-bond donors (Lipinski definition) is 0. The zero-order valence-corrected chi connectivity index (χ0v) is 22.5. The fourth-order valence-corrected chi connectivity index (χ4v) is 5.81. The van der Waals surface area contributed by atoms with Gasteiger partial charge in [-0.1, -0.05) is 24.3 Å². The van der Waals surface area contributed by atoms with Crippen LogP contribution in [0.2, 0.25) is 0 Å². The predicted molar refractivity (Wildman–Crippen MR) is 143 cm³/mol. The number of rotatable bonds is 6. The minimum absolute atomic E-state index is 0.0657. The Balaban J connectivity index is 1.24. The van der Waals surface area contributed by atoms with Crippen molar-refractivity contribution in [2.45, 2.75) is 25.7 Å². The first-order valence-corrected chi connectivity index (χ1v) is 13.3. The van der Waals surface area contributed by atoms with Crippen molar-refractivity contribution in [2.75, 3.05) is 40.4 Å². The molecule has 2 heterocycles. The molecule has 40 heavy (non-hydrogen) atoms. The summed E-state index contributed by atoms with van der Waals surface area (Å²) in [5.41, 5.74) is 1.49. The van der Waals surface area contributed by atoms with Gasteiger partial charge in [0.1, 0.15) is 11.4 Å². The molecule has 0 aliphatic carbocycles. The van der Waals surface area contributed by atoms with Crippen molar-refractivity contribution in [3.8, 4) is 11.5 Å². The zero-order chi connectivity index (χ0) is 28.4. The molecule has 2 aliphatic heterocycles. The van der Waals surface area contributed by atoms with Crippen molar-refractivity contribution in [3.63, 3.8) is 0 Å². The Bertz CT molecular complexity index is 1410. The second-order valence-electron chi connectivity index (χ2n) is 10.6. The normalized spacial score (nSPS) is 16.3. The third kappa shape index (κ3) is 5.37. The van der Waals surface area contributed by atoms with Crippen molar-refractivity contribution in [3.05, 3.63) is 94.3 Å². The van der Waals surface area contributed by atoms with Crippen LogP contribution in [-0.2, 0) is 6.42 Å². The van der Waals surface area contributed by atoms with Gasteiger partial charge in [0.25, 0.3) is 11.8 Å². The summed E-state index contributed by atoms with van der Waals surface area (Å²) in [6.45, 7) is 1.79.